The summed E-state index contributed by atoms with van der Waals surface area (Å²) in [5.74, 6) is -1.54. The summed E-state index contributed by atoms with van der Waals surface area (Å²) in [5, 5.41) is 8.74. The third-order valence-electron chi connectivity index (χ3n) is 3.43. The van der Waals surface area contributed by atoms with Crippen LogP contribution in [0.25, 0.3) is 0 Å². The maximum absolute atomic E-state index is 13.0. The largest absolute Gasteiger partial charge is 0.481 e. The summed E-state index contributed by atoms with van der Waals surface area (Å²) < 4.78 is 26.1. The van der Waals surface area contributed by atoms with Gasteiger partial charge in [-0.2, -0.15) is 0 Å². The fourth-order valence-corrected chi connectivity index (χ4v) is 2.37. The normalized spacial score (nSPS) is 10.8. The van der Waals surface area contributed by atoms with Crippen LogP contribution in [0.4, 0.5) is 8.78 Å². The van der Waals surface area contributed by atoms with Crippen LogP contribution in [0, 0.1) is 11.6 Å². The lowest BCUT2D eigenvalue weighted by atomic mass is 9.87. The van der Waals surface area contributed by atoms with Gasteiger partial charge in [-0.3, -0.25) is 4.79 Å². The average Bonchev–Trinajstić information content (AvgIpc) is 2.46. The van der Waals surface area contributed by atoms with Crippen molar-refractivity contribution in [1.82, 2.24) is 0 Å². The first-order valence-corrected chi connectivity index (χ1v) is 6.79. The molecule has 2 rings (SSSR count). The van der Waals surface area contributed by atoms with Crippen LogP contribution in [-0.2, 0) is 4.79 Å². The Morgan fingerprint density at radius 2 is 1.33 bits per heavy atom. The van der Waals surface area contributed by atoms with E-state index >= 15 is 0 Å². The van der Waals surface area contributed by atoms with E-state index in [-0.39, 0.29) is 24.0 Å². The highest BCUT2D eigenvalue weighted by Crippen LogP contribution is 2.30. The second-order valence-electron chi connectivity index (χ2n) is 4.94. The van der Waals surface area contributed by atoms with Gasteiger partial charge in [0.15, 0.2) is 0 Å². The smallest absolute Gasteiger partial charge is 0.303 e. The first-order valence-electron chi connectivity index (χ1n) is 6.79. The molecule has 0 heterocycles. The van der Waals surface area contributed by atoms with E-state index in [1.54, 1.807) is 24.3 Å². The molecule has 0 atom stereocenters. The zero-order valence-electron chi connectivity index (χ0n) is 11.4. The minimum atomic E-state index is -0.841. The summed E-state index contributed by atoms with van der Waals surface area (Å²) in [7, 11) is 0. The molecule has 1 N–H and O–H groups in total. The Bertz CT molecular complexity index is 546. The molecular weight excluding hydrogens is 274 g/mol. The number of benzene rings is 2. The van der Waals surface area contributed by atoms with Crippen molar-refractivity contribution >= 4 is 5.97 Å². The van der Waals surface area contributed by atoms with Crippen molar-refractivity contribution in [3.8, 4) is 0 Å². The Balaban J connectivity index is 2.22. The lowest BCUT2D eigenvalue weighted by Gasteiger charge is -2.18. The lowest BCUT2D eigenvalue weighted by molar-refractivity contribution is -0.137. The van der Waals surface area contributed by atoms with Crippen LogP contribution in [0.15, 0.2) is 48.5 Å². The van der Waals surface area contributed by atoms with E-state index in [1.165, 1.54) is 24.3 Å². The maximum atomic E-state index is 13.0. The van der Waals surface area contributed by atoms with Crippen LogP contribution < -0.4 is 0 Å². The quantitative estimate of drug-likeness (QED) is 0.858. The Morgan fingerprint density at radius 1 is 0.905 bits per heavy atom. The molecule has 2 nitrogen and oxygen atoms in total. The first kappa shape index (κ1) is 15.2. The van der Waals surface area contributed by atoms with E-state index in [1.807, 2.05) is 0 Å². The summed E-state index contributed by atoms with van der Waals surface area (Å²) >= 11 is 0. The van der Waals surface area contributed by atoms with E-state index < -0.39 is 5.97 Å². The van der Waals surface area contributed by atoms with Crippen LogP contribution in [0.2, 0.25) is 0 Å². The Labute approximate surface area is 122 Å². The van der Waals surface area contributed by atoms with E-state index in [9.17, 15) is 13.6 Å². The lowest BCUT2D eigenvalue weighted by Crippen LogP contribution is -2.03. The standard InChI is InChI=1S/C17H16F2O2/c18-14-8-4-12(5-9-14)16(2-1-3-17(20)21)13-6-10-15(19)11-7-13/h4-11,16H,1-3H2,(H,20,21). The molecule has 0 aliphatic heterocycles. The number of carboxylic acids is 1. The molecule has 0 aliphatic carbocycles. The molecule has 2 aromatic rings. The fraction of sp³-hybridized carbons (Fsp3) is 0.235. The van der Waals surface area contributed by atoms with Gasteiger partial charge in [0.2, 0.25) is 0 Å². The van der Waals surface area contributed by atoms with Gasteiger partial charge in [-0.1, -0.05) is 24.3 Å². The molecule has 4 heteroatoms. The van der Waals surface area contributed by atoms with Crippen LogP contribution in [0.1, 0.15) is 36.3 Å². The predicted molar refractivity (Wildman–Crippen MR) is 76.1 cm³/mol. The van der Waals surface area contributed by atoms with Crippen LogP contribution >= 0.6 is 0 Å². The van der Waals surface area contributed by atoms with Crippen molar-refractivity contribution in [2.24, 2.45) is 0 Å². The number of carbonyl (C=O) groups is 1. The van der Waals surface area contributed by atoms with Gasteiger partial charge in [0.05, 0.1) is 0 Å². The van der Waals surface area contributed by atoms with E-state index in [2.05, 4.69) is 0 Å². The topological polar surface area (TPSA) is 37.3 Å². The maximum Gasteiger partial charge on any atom is 0.303 e. The number of rotatable bonds is 6. The molecule has 0 amide bonds. The number of halogens is 2. The molecule has 0 aromatic heterocycles. The van der Waals surface area contributed by atoms with E-state index in [4.69, 9.17) is 5.11 Å². The van der Waals surface area contributed by atoms with E-state index in [0.717, 1.165) is 11.1 Å². The van der Waals surface area contributed by atoms with Crippen molar-refractivity contribution in [2.45, 2.75) is 25.2 Å². The minimum Gasteiger partial charge on any atom is -0.481 e. The predicted octanol–water partition coefficient (Wildman–Crippen LogP) is 4.35. The summed E-state index contributed by atoms with van der Waals surface area (Å²) in [5.41, 5.74) is 1.79. The second-order valence-corrected chi connectivity index (χ2v) is 4.94. The summed E-state index contributed by atoms with van der Waals surface area (Å²) in [4.78, 5) is 10.6. The van der Waals surface area contributed by atoms with Gasteiger partial charge in [0.25, 0.3) is 0 Å². The van der Waals surface area contributed by atoms with Crippen LogP contribution in [0.5, 0.6) is 0 Å². The van der Waals surface area contributed by atoms with Gasteiger partial charge < -0.3 is 5.11 Å². The SMILES string of the molecule is O=C(O)CCCC(c1ccc(F)cc1)c1ccc(F)cc1. The van der Waals surface area contributed by atoms with Gasteiger partial charge >= 0.3 is 5.97 Å². The molecule has 0 fully saturated rings. The van der Waals surface area contributed by atoms with Crippen molar-refractivity contribution in [3.05, 3.63) is 71.3 Å². The third-order valence-corrected chi connectivity index (χ3v) is 3.43. The second kappa shape index (κ2) is 6.97. The Hall–Kier alpha value is -2.23. The highest BCUT2D eigenvalue weighted by Gasteiger charge is 2.15. The minimum absolute atomic E-state index is 0.0643. The molecule has 2 aromatic carbocycles. The van der Waals surface area contributed by atoms with Crippen molar-refractivity contribution in [3.63, 3.8) is 0 Å². The summed E-state index contributed by atoms with van der Waals surface area (Å²) in [6.07, 6.45) is 1.21. The number of hydrogen-bond acceptors (Lipinski definition) is 1. The molecule has 0 aliphatic rings. The zero-order valence-corrected chi connectivity index (χ0v) is 11.4. The summed E-state index contributed by atoms with van der Waals surface area (Å²) in [6.45, 7) is 0. The van der Waals surface area contributed by atoms with Gasteiger partial charge in [-0.15, -0.1) is 0 Å². The third kappa shape index (κ3) is 4.38. The van der Waals surface area contributed by atoms with E-state index in [0.29, 0.717) is 12.8 Å². The molecule has 0 radical (unpaired) electrons. The highest BCUT2D eigenvalue weighted by molar-refractivity contribution is 5.66. The zero-order chi connectivity index (χ0) is 15.2. The molecule has 0 bridgehead atoms. The molecule has 0 saturated heterocycles. The molecule has 0 saturated carbocycles. The van der Waals surface area contributed by atoms with Gasteiger partial charge in [-0.25, -0.2) is 8.78 Å². The Kier molecular flexibility index (Phi) is 5.04. The van der Waals surface area contributed by atoms with Crippen LogP contribution in [-0.4, -0.2) is 11.1 Å². The average molecular weight is 290 g/mol. The number of hydrogen-bond donors (Lipinski definition) is 1. The molecule has 21 heavy (non-hydrogen) atoms. The molecular formula is C17H16F2O2. The Morgan fingerprint density at radius 3 is 1.71 bits per heavy atom. The first-order chi connectivity index (χ1) is 10.1. The van der Waals surface area contributed by atoms with Crippen molar-refractivity contribution < 1.29 is 18.7 Å². The number of carboxylic acid groups (broad SMARTS) is 1. The monoisotopic (exact) mass is 290 g/mol. The van der Waals surface area contributed by atoms with Crippen molar-refractivity contribution in [1.29, 1.82) is 0 Å². The highest BCUT2D eigenvalue weighted by atomic mass is 19.1. The van der Waals surface area contributed by atoms with Gasteiger partial charge in [-0.05, 0) is 48.2 Å². The van der Waals surface area contributed by atoms with Crippen molar-refractivity contribution in [2.75, 3.05) is 0 Å². The molecule has 0 unspecified atom stereocenters. The van der Waals surface area contributed by atoms with Gasteiger partial charge in [0, 0.05) is 12.3 Å². The summed E-state index contributed by atoms with van der Waals surface area (Å²) in [6, 6.07) is 12.3. The van der Waals surface area contributed by atoms with Crippen LogP contribution in [0.3, 0.4) is 0 Å². The fourth-order valence-electron chi connectivity index (χ4n) is 2.37. The number of aliphatic carboxylic acids is 1. The van der Waals surface area contributed by atoms with Gasteiger partial charge in [0.1, 0.15) is 11.6 Å². The molecule has 110 valence electrons. The molecule has 0 spiro atoms.